The molecule has 168 valence electrons. The highest BCUT2D eigenvalue weighted by molar-refractivity contribution is 5.95. The molecule has 0 aromatic heterocycles. The molecule has 0 bridgehead atoms. The molecule has 1 aliphatic carbocycles. The van der Waals surface area contributed by atoms with Gasteiger partial charge in [0.1, 0.15) is 0 Å². The maximum absolute atomic E-state index is 13.2. The van der Waals surface area contributed by atoms with E-state index >= 15 is 0 Å². The second-order valence-corrected chi connectivity index (χ2v) is 10.2. The summed E-state index contributed by atoms with van der Waals surface area (Å²) >= 11 is 0. The van der Waals surface area contributed by atoms with Crippen LogP contribution in [0.25, 0.3) is 0 Å². The first-order chi connectivity index (χ1) is 15.7. The predicted molar refractivity (Wildman–Crippen MR) is 126 cm³/mol. The Labute approximate surface area is 190 Å². The molecule has 6 rings (SSSR count). The lowest BCUT2D eigenvalue weighted by molar-refractivity contribution is 0.0303. The van der Waals surface area contributed by atoms with Gasteiger partial charge in [-0.15, -0.1) is 0 Å². The van der Waals surface area contributed by atoms with E-state index < -0.39 is 0 Å². The van der Waals surface area contributed by atoms with E-state index in [1.54, 1.807) is 0 Å². The number of hydrogen-bond acceptors (Lipinski definition) is 4. The minimum absolute atomic E-state index is 0.139. The number of rotatable bonds is 5. The molecule has 1 atom stereocenters. The number of amides is 1. The van der Waals surface area contributed by atoms with Crippen molar-refractivity contribution >= 4 is 11.6 Å². The maximum atomic E-state index is 13.2. The van der Waals surface area contributed by atoms with Crippen LogP contribution in [-0.4, -0.2) is 68.2 Å². The van der Waals surface area contributed by atoms with Gasteiger partial charge in [0.05, 0.1) is 13.2 Å². The van der Waals surface area contributed by atoms with Crippen LogP contribution in [0, 0.1) is 5.92 Å². The lowest BCUT2D eigenvalue weighted by Crippen LogP contribution is -2.40. The Hall–Kier alpha value is -2.37. The number of anilines is 1. The van der Waals surface area contributed by atoms with E-state index in [0.29, 0.717) is 26.3 Å². The average Bonchev–Trinajstić information content (AvgIpc) is 3.49. The molecule has 3 heterocycles. The second kappa shape index (κ2) is 8.20. The molecule has 3 fully saturated rings. The molecule has 1 spiro atoms. The summed E-state index contributed by atoms with van der Waals surface area (Å²) in [6.07, 6.45) is 3.99. The quantitative estimate of drug-likeness (QED) is 0.726. The van der Waals surface area contributed by atoms with Crippen molar-refractivity contribution in [2.45, 2.75) is 31.2 Å². The van der Waals surface area contributed by atoms with Crippen molar-refractivity contribution in [2.75, 3.05) is 57.4 Å². The number of benzene rings is 2. The van der Waals surface area contributed by atoms with Gasteiger partial charge in [0.2, 0.25) is 0 Å². The smallest absolute Gasteiger partial charge is 0.254 e. The fourth-order valence-electron chi connectivity index (χ4n) is 5.93. The number of hydrogen-bond donors (Lipinski definition) is 0. The zero-order chi connectivity index (χ0) is 21.5. The van der Waals surface area contributed by atoms with E-state index in [2.05, 4.69) is 52.3 Å². The number of morpholine rings is 1. The Bertz CT molecular complexity index is 984. The molecule has 1 saturated carbocycles. The van der Waals surface area contributed by atoms with Crippen LogP contribution in [0.3, 0.4) is 0 Å². The molecule has 5 heteroatoms. The molecule has 0 radical (unpaired) electrons. The molecule has 4 aliphatic rings. The van der Waals surface area contributed by atoms with Crippen LogP contribution in [0.4, 0.5) is 5.69 Å². The van der Waals surface area contributed by atoms with Crippen LogP contribution in [-0.2, 0) is 16.7 Å². The van der Waals surface area contributed by atoms with Crippen LogP contribution < -0.4 is 4.90 Å². The first kappa shape index (κ1) is 20.3. The van der Waals surface area contributed by atoms with Crippen molar-refractivity contribution in [3.05, 3.63) is 65.2 Å². The van der Waals surface area contributed by atoms with E-state index in [9.17, 15) is 4.79 Å². The Balaban J connectivity index is 1.31. The minimum atomic E-state index is 0.139. The molecule has 3 aliphatic heterocycles. The van der Waals surface area contributed by atoms with Crippen LogP contribution >= 0.6 is 0 Å². The van der Waals surface area contributed by atoms with Gasteiger partial charge in [0.25, 0.3) is 5.91 Å². The number of fused-ring (bicyclic) bond motifs is 2. The van der Waals surface area contributed by atoms with E-state index in [1.165, 1.54) is 49.2 Å². The van der Waals surface area contributed by atoms with Crippen LogP contribution in [0.5, 0.6) is 0 Å². The lowest BCUT2D eigenvalue weighted by Gasteiger charge is -2.28. The standard InChI is InChI=1S/C27H33N3O2/c31-26(29-12-14-32-15-13-29)23-8-9-25-24(16-23)27(10-11-28(19-27)17-22-6-7-22)20-30(25)18-21-4-2-1-3-5-21/h1-5,8-9,16,22H,6-7,10-15,17-20H2. The van der Waals surface area contributed by atoms with Gasteiger partial charge in [0, 0.05) is 55.9 Å². The zero-order valence-corrected chi connectivity index (χ0v) is 18.8. The van der Waals surface area contributed by atoms with Crippen LogP contribution in [0.2, 0.25) is 0 Å². The number of ether oxygens (including phenoxy) is 1. The fraction of sp³-hybridized carbons (Fsp3) is 0.519. The summed E-state index contributed by atoms with van der Waals surface area (Å²) in [7, 11) is 0. The molecular formula is C27H33N3O2. The van der Waals surface area contributed by atoms with Crippen molar-refractivity contribution in [1.82, 2.24) is 9.80 Å². The normalized spacial score (nSPS) is 25.5. The van der Waals surface area contributed by atoms with Gasteiger partial charge in [-0.05, 0) is 61.1 Å². The summed E-state index contributed by atoms with van der Waals surface area (Å²) in [5.41, 5.74) is 5.04. The van der Waals surface area contributed by atoms with Gasteiger partial charge in [0.15, 0.2) is 0 Å². The highest BCUT2D eigenvalue weighted by Gasteiger charge is 2.48. The molecule has 32 heavy (non-hydrogen) atoms. The van der Waals surface area contributed by atoms with E-state index in [1.807, 2.05) is 11.0 Å². The third-order valence-electron chi connectivity index (χ3n) is 7.81. The number of carbonyl (C=O) groups excluding carboxylic acids is 1. The number of nitrogens with zero attached hydrogens (tertiary/aromatic N) is 3. The lowest BCUT2D eigenvalue weighted by atomic mass is 9.81. The van der Waals surface area contributed by atoms with Gasteiger partial charge in [-0.25, -0.2) is 0 Å². The van der Waals surface area contributed by atoms with Crippen LogP contribution in [0.15, 0.2) is 48.5 Å². The highest BCUT2D eigenvalue weighted by atomic mass is 16.5. The first-order valence-electron chi connectivity index (χ1n) is 12.2. The van der Waals surface area contributed by atoms with Gasteiger partial charge in [-0.2, -0.15) is 0 Å². The SMILES string of the molecule is O=C(c1ccc2c(c1)C1(CCN(CC3CC3)C1)CN2Cc1ccccc1)N1CCOCC1. The monoisotopic (exact) mass is 431 g/mol. The average molecular weight is 432 g/mol. The summed E-state index contributed by atoms with van der Waals surface area (Å²) in [6, 6.07) is 17.3. The van der Waals surface area contributed by atoms with Gasteiger partial charge < -0.3 is 19.4 Å². The maximum Gasteiger partial charge on any atom is 0.254 e. The Morgan fingerprint density at radius 1 is 1.00 bits per heavy atom. The highest BCUT2D eigenvalue weighted by Crippen LogP contribution is 2.48. The molecule has 5 nitrogen and oxygen atoms in total. The summed E-state index contributed by atoms with van der Waals surface area (Å²) < 4.78 is 5.45. The Morgan fingerprint density at radius 2 is 1.81 bits per heavy atom. The van der Waals surface area contributed by atoms with Crippen molar-refractivity contribution in [3.8, 4) is 0 Å². The van der Waals surface area contributed by atoms with Crippen molar-refractivity contribution in [2.24, 2.45) is 5.92 Å². The molecule has 1 unspecified atom stereocenters. The largest absolute Gasteiger partial charge is 0.378 e. The van der Waals surface area contributed by atoms with Gasteiger partial charge in [-0.3, -0.25) is 4.79 Å². The summed E-state index contributed by atoms with van der Waals surface area (Å²) in [6.45, 7) is 8.19. The Morgan fingerprint density at radius 3 is 2.59 bits per heavy atom. The molecular weight excluding hydrogens is 398 g/mol. The fourth-order valence-corrected chi connectivity index (χ4v) is 5.93. The number of likely N-dealkylation sites (tertiary alicyclic amines) is 1. The molecule has 1 amide bonds. The molecule has 2 saturated heterocycles. The van der Waals surface area contributed by atoms with Gasteiger partial charge in [-0.1, -0.05) is 30.3 Å². The van der Waals surface area contributed by atoms with Crippen molar-refractivity contribution in [3.63, 3.8) is 0 Å². The van der Waals surface area contributed by atoms with E-state index in [-0.39, 0.29) is 11.3 Å². The third-order valence-corrected chi connectivity index (χ3v) is 7.81. The molecule has 2 aromatic rings. The predicted octanol–water partition coefficient (Wildman–Crippen LogP) is 3.53. The Kier molecular flexibility index (Phi) is 5.19. The summed E-state index contributed by atoms with van der Waals surface area (Å²) in [5, 5.41) is 0. The summed E-state index contributed by atoms with van der Waals surface area (Å²) in [5.74, 6) is 1.07. The van der Waals surface area contributed by atoms with Crippen molar-refractivity contribution in [1.29, 1.82) is 0 Å². The number of carbonyl (C=O) groups is 1. The second-order valence-electron chi connectivity index (χ2n) is 10.2. The summed E-state index contributed by atoms with van der Waals surface area (Å²) in [4.78, 5) is 20.4. The van der Waals surface area contributed by atoms with E-state index in [0.717, 1.165) is 31.1 Å². The zero-order valence-electron chi connectivity index (χ0n) is 18.8. The van der Waals surface area contributed by atoms with Crippen molar-refractivity contribution < 1.29 is 9.53 Å². The minimum Gasteiger partial charge on any atom is -0.378 e. The third kappa shape index (κ3) is 3.82. The van der Waals surface area contributed by atoms with E-state index in [4.69, 9.17) is 4.74 Å². The topological polar surface area (TPSA) is 36.0 Å². The first-order valence-corrected chi connectivity index (χ1v) is 12.2. The molecule has 0 N–H and O–H groups in total. The molecule has 2 aromatic carbocycles. The van der Waals surface area contributed by atoms with Crippen LogP contribution in [0.1, 0.15) is 40.7 Å². The van der Waals surface area contributed by atoms with Gasteiger partial charge >= 0.3 is 0 Å².